The molecule has 14 heteroatoms. The predicted octanol–water partition coefficient (Wildman–Crippen LogP) is 5.31. The van der Waals surface area contributed by atoms with E-state index in [2.05, 4.69) is 41.1 Å². The number of hydrogen-bond acceptors (Lipinski definition) is 8. The molecule has 0 bridgehead atoms. The lowest BCUT2D eigenvalue weighted by molar-refractivity contribution is -0.131. The molecular weight excluding hydrogens is 684 g/mol. The van der Waals surface area contributed by atoms with Crippen molar-refractivity contribution in [2.45, 2.75) is 108 Å². The van der Waals surface area contributed by atoms with Gasteiger partial charge in [-0.3, -0.25) is 14.4 Å². The van der Waals surface area contributed by atoms with Crippen LogP contribution in [0.3, 0.4) is 0 Å². The molecule has 280 valence electrons. The summed E-state index contributed by atoms with van der Waals surface area (Å²) < 4.78 is 5.63. The molecule has 3 aliphatic rings. The fourth-order valence-electron chi connectivity index (χ4n) is 7.36. The molecule has 1 aliphatic heterocycles. The zero-order valence-corrected chi connectivity index (χ0v) is 31.1. The van der Waals surface area contributed by atoms with Gasteiger partial charge < -0.3 is 35.9 Å². The standard InChI is InChI=1S/C38H51ClN8O5/c1-37(2,3)52-36(51)46-38(17-21-47(22-18-38)32-28-15-19-40-31(28)42-23-43-32)35(50)44-29(24-11-13-27(39)14-12-24)16-20-41-34(49)30(25-7-5-4-6-8-25)45-33(48)26-9-10-26/h11-15,19,23,25-26,29-30H,4-10,16-18,20-22H2,1-3H3,(H,41,49)(H,44,50)(H,45,48)(H,46,51)(H,40,42,43)/t29-,30+/m0/s1. The largest absolute Gasteiger partial charge is 0.444 e. The molecule has 3 aromatic rings. The number of piperidine rings is 1. The van der Waals surface area contributed by atoms with Crippen molar-refractivity contribution in [2.24, 2.45) is 11.8 Å². The van der Waals surface area contributed by atoms with E-state index in [1.54, 1.807) is 32.9 Å². The summed E-state index contributed by atoms with van der Waals surface area (Å²) in [4.78, 5) is 68.2. The lowest BCUT2D eigenvalue weighted by Crippen LogP contribution is -2.64. The Morgan fingerprint density at radius 1 is 0.981 bits per heavy atom. The second kappa shape index (κ2) is 16.1. The monoisotopic (exact) mass is 734 g/mol. The van der Waals surface area contributed by atoms with Crippen LogP contribution in [0.2, 0.25) is 5.02 Å². The number of amides is 4. The smallest absolute Gasteiger partial charge is 0.408 e. The number of benzene rings is 1. The zero-order chi connectivity index (χ0) is 36.9. The molecule has 4 amide bonds. The summed E-state index contributed by atoms with van der Waals surface area (Å²) >= 11 is 6.24. The first kappa shape index (κ1) is 37.4. The molecule has 52 heavy (non-hydrogen) atoms. The fourth-order valence-corrected chi connectivity index (χ4v) is 7.49. The number of alkyl carbamates (subject to hydrolysis) is 1. The third kappa shape index (κ3) is 9.33. The van der Waals surface area contributed by atoms with Gasteiger partial charge in [-0.1, -0.05) is 43.0 Å². The van der Waals surface area contributed by atoms with Gasteiger partial charge >= 0.3 is 6.09 Å². The number of nitrogens with one attached hydrogen (secondary N) is 5. The fraction of sp³-hybridized carbons (Fsp3) is 0.579. The molecule has 13 nitrogen and oxygen atoms in total. The van der Waals surface area contributed by atoms with Gasteiger partial charge in [-0.2, -0.15) is 0 Å². The number of ether oxygens (including phenoxy) is 1. The second-order valence-electron chi connectivity index (χ2n) is 15.4. The Kier molecular flexibility index (Phi) is 11.6. The second-order valence-corrected chi connectivity index (χ2v) is 15.9. The van der Waals surface area contributed by atoms with Crippen molar-refractivity contribution in [3.63, 3.8) is 0 Å². The molecular formula is C38H51ClN8O5. The zero-order valence-electron chi connectivity index (χ0n) is 30.3. The van der Waals surface area contributed by atoms with E-state index in [9.17, 15) is 19.2 Å². The summed E-state index contributed by atoms with van der Waals surface area (Å²) in [7, 11) is 0. The first-order chi connectivity index (χ1) is 24.9. The Balaban J connectivity index is 1.18. The van der Waals surface area contributed by atoms with Gasteiger partial charge in [0.1, 0.15) is 35.0 Å². The van der Waals surface area contributed by atoms with Crippen molar-refractivity contribution in [3.05, 3.63) is 53.4 Å². The number of aromatic amines is 1. The molecule has 1 aromatic carbocycles. The summed E-state index contributed by atoms with van der Waals surface area (Å²) in [5.74, 6) is 0.278. The average Bonchev–Trinajstić information content (AvgIpc) is 3.86. The molecule has 6 rings (SSSR count). The number of H-pyrrole nitrogens is 1. The molecule has 5 N–H and O–H groups in total. The summed E-state index contributed by atoms with van der Waals surface area (Å²) in [6.45, 7) is 6.48. The molecule has 1 saturated heterocycles. The summed E-state index contributed by atoms with van der Waals surface area (Å²) in [6, 6.07) is 8.05. The van der Waals surface area contributed by atoms with Crippen molar-refractivity contribution in [3.8, 4) is 0 Å². The van der Waals surface area contributed by atoms with Crippen LogP contribution in [0.1, 0.15) is 96.6 Å². The van der Waals surface area contributed by atoms with Crippen LogP contribution in [-0.4, -0.2) is 75.6 Å². The van der Waals surface area contributed by atoms with Crippen LogP contribution in [0.5, 0.6) is 0 Å². The highest BCUT2D eigenvalue weighted by atomic mass is 35.5. The number of rotatable bonds is 12. The highest BCUT2D eigenvalue weighted by Gasteiger charge is 2.45. The number of carbonyl (C=O) groups excluding carboxylic acids is 4. The number of fused-ring (bicyclic) bond motifs is 1. The average molecular weight is 735 g/mol. The van der Waals surface area contributed by atoms with E-state index in [1.807, 2.05) is 24.4 Å². The molecule has 0 radical (unpaired) electrons. The van der Waals surface area contributed by atoms with E-state index in [-0.39, 0.29) is 36.1 Å². The van der Waals surface area contributed by atoms with Crippen LogP contribution in [0.25, 0.3) is 11.0 Å². The van der Waals surface area contributed by atoms with Crippen LogP contribution in [0, 0.1) is 11.8 Å². The minimum absolute atomic E-state index is 0.00692. The summed E-state index contributed by atoms with van der Waals surface area (Å²) in [6.07, 6.45) is 10.4. The van der Waals surface area contributed by atoms with Crippen LogP contribution in [-0.2, 0) is 19.1 Å². The van der Waals surface area contributed by atoms with Crippen LogP contribution in [0.15, 0.2) is 42.9 Å². The Morgan fingerprint density at radius 2 is 1.69 bits per heavy atom. The van der Waals surface area contributed by atoms with Gasteiger partial charge in [0.05, 0.1) is 11.4 Å². The van der Waals surface area contributed by atoms with Gasteiger partial charge in [0.15, 0.2) is 0 Å². The Hall–Kier alpha value is -4.39. The quantitative estimate of drug-likeness (QED) is 0.167. The van der Waals surface area contributed by atoms with Crippen molar-refractivity contribution in [2.75, 3.05) is 24.5 Å². The maximum atomic E-state index is 14.5. The highest BCUT2D eigenvalue weighted by Crippen LogP contribution is 2.33. The minimum Gasteiger partial charge on any atom is -0.444 e. The van der Waals surface area contributed by atoms with E-state index >= 15 is 0 Å². The normalized spacial score (nSPS) is 19.0. The first-order valence-corrected chi connectivity index (χ1v) is 19.0. The molecule has 3 heterocycles. The third-order valence-corrected chi connectivity index (χ3v) is 10.6. The van der Waals surface area contributed by atoms with Crippen molar-refractivity contribution in [1.29, 1.82) is 0 Å². The van der Waals surface area contributed by atoms with Gasteiger partial charge in [-0.05, 0) is 95.4 Å². The predicted molar refractivity (Wildman–Crippen MR) is 199 cm³/mol. The SMILES string of the molecule is CC(C)(C)OC(=O)NC1(C(=O)N[C@@H](CCNC(=O)[C@H](NC(=O)C2CC2)C2CCCCC2)c2ccc(Cl)cc2)CCN(c2ncnc3[nH]ccc23)CC1. The molecule has 3 fully saturated rings. The molecule has 2 aliphatic carbocycles. The Morgan fingerprint density at radius 3 is 2.37 bits per heavy atom. The molecule has 2 aromatic heterocycles. The van der Waals surface area contributed by atoms with Gasteiger partial charge in [-0.15, -0.1) is 0 Å². The van der Waals surface area contributed by atoms with E-state index in [4.69, 9.17) is 16.3 Å². The number of aromatic nitrogens is 3. The molecule has 2 atom stereocenters. The topological polar surface area (TPSA) is 170 Å². The van der Waals surface area contributed by atoms with Crippen molar-refractivity contribution < 1.29 is 23.9 Å². The summed E-state index contributed by atoms with van der Waals surface area (Å²) in [5, 5.41) is 13.7. The van der Waals surface area contributed by atoms with Gasteiger partial charge in [0.2, 0.25) is 17.7 Å². The van der Waals surface area contributed by atoms with Gasteiger partial charge in [0.25, 0.3) is 0 Å². The maximum Gasteiger partial charge on any atom is 0.408 e. The number of nitrogens with zero attached hydrogens (tertiary/aromatic N) is 3. The van der Waals surface area contributed by atoms with Gasteiger partial charge in [0, 0.05) is 36.8 Å². The highest BCUT2D eigenvalue weighted by molar-refractivity contribution is 6.30. The molecule has 0 spiro atoms. The number of anilines is 1. The number of halogens is 1. The first-order valence-electron chi connectivity index (χ1n) is 18.6. The van der Waals surface area contributed by atoms with Crippen LogP contribution < -0.4 is 26.2 Å². The summed E-state index contributed by atoms with van der Waals surface area (Å²) in [5.41, 5.74) is -0.518. The van der Waals surface area contributed by atoms with Crippen LogP contribution >= 0.6 is 11.6 Å². The van der Waals surface area contributed by atoms with E-state index in [0.717, 1.165) is 67.4 Å². The lowest BCUT2D eigenvalue weighted by atomic mass is 9.83. The van der Waals surface area contributed by atoms with E-state index in [1.165, 1.54) is 6.33 Å². The molecule has 2 saturated carbocycles. The molecule has 0 unspecified atom stereocenters. The lowest BCUT2D eigenvalue weighted by Gasteiger charge is -2.42. The Labute approximate surface area is 309 Å². The minimum atomic E-state index is -1.28. The van der Waals surface area contributed by atoms with Crippen LogP contribution in [0.4, 0.5) is 10.6 Å². The maximum absolute atomic E-state index is 14.5. The Bertz CT molecular complexity index is 1720. The number of hydrogen-bond donors (Lipinski definition) is 5. The van der Waals surface area contributed by atoms with Crippen molar-refractivity contribution >= 4 is 52.3 Å². The van der Waals surface area contributed by atoms with Gasteiger partial charge in [-0.25, -0.2) is 14.8 Å². The van der Waals surface area contributed by atoms with Crippen molar-refractivity contribution in [1.82, 2.24) is 36.2 Å². The number of carbonyl (C=O) groups is 4. The van der Waals surface area contributed by atoms with E-state index < -0.39 is 29.3 Å². The van der Waals surface area contributed by atoms with E-state index in [0.29, 0.717) is 37.4 Å². The third-order valence-electron chi connectivity index (χ3n) is 10.4.